The summed E-state index contributed by atoms with van der Waals surface area (Å²) in [4.78, 5) is 0. The lowest BCUT2D eigenvalue weighted by molar-refractivity contribution is 0.352. The fraction of sp³-hybridized carbons (Fsp3) is 0.250. The zero-order chi connectivity index (χ0) is 26.3. The van der Waals surface area contributed by atoms with E-state index in [2.05, 4.69) is 6.92 Å². The number of unbranched alkanes of at least 4 members (excludes halogenated alkanes) is 3. The quantitative estimate of drug-likeness (QED) is 0.0940. The van der Waals surface area contributed by atoms with Crippen molar-refractivity contribution in [1.29, 1.82) is 0 Å². The van der Waals surface area contributed by atoms with E-state index in [4.69, 9.17) is 26.8 Å². The molecule has 5 aromatic rings. The molecule has 0 aliphatic heterocycles. The van der Waals surface area contributed by atoms with Gasteiger partial charge >= 0.3 is 0 Å². The van der Waals surface area contributed by atoms with Crippen LogP contribution >= 0.6 is 0 Å². The Morgan fingerprint density at radius 3 is 1.66 bits per heavy atom. The highest BCUT2D eigenvalue weighted by Crippen LogP contribution is 2.36. The molecule has 0 N–H and O–H groups in total. The van der Waals surface area contributed by atoms with Crippen molar-refractivity contribution in [3.8, 4) is 46.1 Å². The topological polar surface area (TPSA) is 74.9 Å². The summed E-state index contributed by atoms with van der Waals surface area (Å²) in [5, 5.41) is 0. The van der Waals surface area contributed by atoms with Crippen LogP contribution in [-0.2, 0) is 11.2 Å². The Labute approximate surface area is 222 Å². The molecule has 38 heavy (non-hydrogen) atoms. The summed E-state index contributed by atoms with van der Waals surface area (Å²) >= 11 is 0. The summed E-state index contributed by atoms with van der Waals surface area (Å²) in [6.07, 6.45) is 11.4. The first-order valence-corrected chi connectivity index (χ1v) is 13.1. The summed E-state index contributed by atoms with van der Waals surface area (Å²) in [5.41, 5.74) is 0. The highest BCUT2D eigenvalue weighted by molar-refractivity contribution is 5.65. The average Bonchev–Trinajstić information content (AvgIpc) is 3.75. The zero-order valence-corrected chi connectivity index (χ0v) is 22.0. The van der Waals surface area contributed by atoms with Gasteiger partial charge in [-0.2, -0.15) is 0 Å². The van der Waals surface area contributed by atoms with E-state index in [0.717, 1.165) is 24.4 Å². The summed E-state index contributed by atoms with van der Waals surface area (Å²) in [6.45, 7) is 4.16. The van der Waals surface area contributed by atoms with Crippen LogP contribution in [0.15, 0.2) is 101 Å². The third-order valence-corrected chi connectivity index (χ3v) is 6.24. The van der Waals surface area contributed by atoms with Crippen LogP contribution in [0.5, 0.6) is 0 Å². The second-order valence-electron chi connectivity index (χ2n) is 8.99. The molecule has 0 aliphatic rings. The molecule has 196 valence electrons. The summed E-state index contributed by atoms with van der Waals surface area (Å²) in [6, 6.07) is 18.9. The molecule has 0 spiro atoms. The van der Waals surface area contributed by atoms with E-state index in [1.54, 1.807) is 7.11 Å². The number of rotatable bonds is 12. The van der Waals surface area contributed by atoms with Crippen LogP contribution in [0.3, 0.4) is 0 Å². The lowest BCUT2D eigenvalue weighted by Gasteiger charge is -2.00. The Balaban J connectivity index is 1.27. The number of hydrogen-bond acceptors (Lipinski definition) is 6. The highest BCUT2D eigenvalue weighted by Gasteiger charge is 2.17. The van der Waals surface area contributed by atoms with Crippen LogP contribution in [0, 0.1) is 0 Å². The van der Waals surface area contributed by atoms with Crippen molar-refractivity contribution in [3.63, 3.8) is 0 Å². The van der Waals surface area contributed by atoms with Crippen molar-refractivity contribution >= 4 is 5.76 Å². The highest BCUT2D eigenvalue weighted by atomic mass is 16.5. The minimum Gasteiger partial charge on any atom is -0.493 e. The molecule has 0 fully saturated rings. The fourth-order valence-electron chi connectivity index (χ4n) is 4.22. The Bertz CT molecular complexity index is 1510. The first kappa shape index (κ1) is 25.3. The van der Waals surface area contributed by atoms with Crippen molar-refractivity contribution < 1.29 is 26.8 Å². The number of allylic oxidation sites excluding steroid dienone is 3. The van der Waals surface area contributed by atoms with Gasteiger partial charge in [0.05, 0.1) is 7.11 Å². The first-order valence-electron chi connectivity index (χ1n) is 13.1. The molecular weight excluding hydrogens is 480 g/mol. The van der Waals surface area contributed by atoms with Gasteiger partial charge in [0.1, 0.15) is 5.76 Å². The van der Waals surface area contributed by atoms with Crippen LogP contribution in [0.1, 0.15) is 51.1 Å². The minimum atomic E-state index is 0.589. The van der Waals surface area contributed by atoms with Crippen molar-refractivity contribution in [3.05, 3.63) is 90.4 Å². The van der Waals surface area contributed by atoms with Gasteiger partial charge in [0.2, 0.25) is 0 Å². The molecule has 0 aromatic carbocycles. The molecule has 0 saturated heterocycles. The number of aryl methyl sites for hydroxylation is 1. The first-order chi connectivity index (χ1) is 18.7. The van der Waals surface area contributed by atoms with E-state index in [-0.39, 0.29) is 0 Å². The summed E-state index contributed by atoms with van der Waals surface area (Å²) in [7, 11) is 1.61. The molecule has 5 heterocycles. The zero-order valence-electron chi connectivity index (χ0n) is 22.0. The van der Waals surface area contributed by atoms with Crippen molar-refractivity contribution in [2.24, 2.45) is 0 Å². The number of ether oxygens (including phenoxy) is 1. The smallest absolute Gasteiger partial charge is 0.170 e. The third kappa shape index (κ3) is 5.65. The second kappa shape index (κ2) is 11.8. The van der Waals surface area contributed by atoms with E-state index < -0.39 is 0 Å². The Morgan fingerprint density at radius 1 is 0.632 bits per heavy atom. The van der Waals surface area contributed by atoms with Crippen LogP contribution in [0.2, 0.25) is 0 Å². The maximum Gasteiger partial charge on any atom is 0.170 e. The minimum absolute atomic E-state index is 0.589. The van der Waals surface area contributed by atoms with Crippen molar-refractivity contribution in [2.45, 2.75) is 46.0 Å². The van der Waals surface area contributed by atoms with Gasteiger partial charge in [0.15, 0.2) is 57.6 Å². The lowest BCUT2D eigenvalue weighted by atomic mass is 10.1. The normalized spacial score (nSPS) is 12.1. The van der Waals surface area contributed by atoms with E-state index in [1.807, 2.05) is 85.8 Å². The lowest BCUT2D eigenvalue weighted by Crippen LogP contribution is -1.83. The summed E-state index contributed by atoms with van der Waals surface area (Å²) < 4.78 is 35.5. The van der Waals surface area contributed by atoms with Gasteiger partial charge in [0.25, 0.3) is 0 Å². The van der Waals surface area contributed by atoms with E-state index in [9.17, 15) is 0 Å². The molecule has 0 unspecified atom stereocenters. The standard InChI is InChI=1S/C32H32O6/c1-4-6-8-9-10-22-12-13-25(34-22)26-16-17-29(36-26)30-20-21-32(38-30)31-19-18-28(37-31)27-15-14-24(35-27)23(33-3)11-7-5-2/h5,7,11-21H,4,6,8-10H2,1-3H3/b7-5+,23-11-. The molecule has 6 heteroatoms. The summed E-state index contributed by atoms with van der Waals surface area (Å²) in [5.74, 6) is 7.22. The molecule has 0 bridgehead atoms. The van der Waals surface area contributed by atoms with E-state index in [1.165, 1.54) is 19.3 Å². The molecule has 0 aliphatic carbocycles. The van der Waals surface area contributed by atoms with Gasteiger partial charge in [-0.25, -0.2) is 0 Å². The molecule has 5 aromatic heterocycles. The van der Waals surface area contributed by atoms with Crippen LogP contribution < -0.4 is 0 Å². The molecule has 0 amide bonds. The van der Waals surface area contributed by atoms with Gasteiger partial charge in [-0.05, 0) is 80.1 Å². The van der Waals surface area contributed by atoms with Gasteiger partial charge in [0, 0.05) is 6.42 Å². The van der Waals surface area contributed by atoms with Crippen LogP contribution in [0.4, 0.5) is 0 Å². The van der Waals surface area contributed by atoms with E-state index >= 15 is 0 Å². The van der Waals surface area contributed by atoms with Gasteiger partial charge in [-0.3, -0.25) is 0 Å². The predicted octanol–water partition coefficient (Wildman–Crippen LogP) is 10.0. The van der Waals surface area contributed by atoms with E-state index in [0.29, 0.717) is 51.8 Å². The Kier molecular flexibility index (Phi) is 7.88. The third-order valence-electron chi connectivity index (χ3n) is 6.24. The molecule has 0 saturated carbocycles. The monoisotopic (exact) mass is 512 g/mol. The average molecular weight is 513 g/mol. The molecule has 0 radical (unpaired) electrons. The fourth-order valence-corrected chi connectivity index (χ4v) is 4.22. The van der Waals surface area contributed by atoms with Gasteiger partial charge < -0.3 is 26.8 Å². The maximum atomic E-state index is 6.06. The number of hydrogen-bond donors (Lipinski definition) is 0. The molecule has 5 rings (SSSR count). The number of furan rings is 5. The maximum absolute atomic E-state index is 6.06. The van der Waals surface area contributed by atoms with Gasteiger partial charge in [-0.1, -0.05) is 38.3 Å². The number of methoxy groups -OCH3 is 1. The molecule has 6 nitrogen and oxygen atoms in total. The molecule has 0 atom stereocenters. The SMILES string of the molecule is C/C=C/C=C(\OC)c1ccc(-c2ccc(-c3ccc(-c4ccc(-c5ccc(CCCCCC)o5)o4)o3)o2)o1. The Hall–Kier alpha value is -4.32. The van der Waals surface area contributed by atoms with Gasteiger partial charge in [-0.15, -0.1) is 0 Å². The van der Waals surface area contributed by atoms with Crippen LogP contribution in [0.25, 0.3) is 51.8 Å². The molecular formula is C32H32O6. The van der Waals surface area contributed by atoms with Crippen LogP contribution in [-0.4, -0.2) is 7.11 Å². The Morgan fingerprint density at radius 2 is 1.13 bits per heavy atom. The van der Waals surface area contributed by atoms with Crippen molar-refractivity contribution in [2.75, 3.05) is 7.11 Å². The van der Waals surface area contributed by atoms with Crippen molar-refractivity contribution in [1.82, 2.24) is 0 Å². The second-order valence-corrected chi connectivity index (χ2v) is 8.99. The predicted molar refractivity (Wildman–Crippen MR) is 147 cm³/mol. The largest absolute Gasteiger partial charge is 0.493 e.